The molecule has 6 heteroatoms. The summed E-state index contributed by atoms with van der Waals surface area (Å²) in [7, 11) is 0. The van der Waals surface area contributed by atoms with Gasteiger partial charge in [0.15, 0.2) is 0 Å². The average Bonchev–Trinajstić information content (AvgIpc) is 3.17. The first-order valence-corrected chi connectivity index (χ1v) is 7.29. The molecule has 0 radical (unpaired) electrons. The Bertz CT molecular complexity index is 529. The molecule has 1 atom stereocenters. The van der Waals surface area contributed by atoms with E-state index in [1.807, 2.05) is 25.1 Å². The van der Waals surface area contributed by atoms with E-state index >= 15 is 0 Å². The number of aliphatic carboxylic acids is 1. The van der Waals surface area contributed by atoms with Crippen molar-refractivity contribution in [2.24, 2.45) is 5.92 Å². The Balaban J connectivity index is 1.87. The van der Waals surface area contributed by atoms with Gasteiger partial charge in [0.25, 0.3) is 0 Å². The molecule has 108 valence electrons. The van der Waals surface area contributed by atoms with Gasteiger partial charge in [0.05, 0.1) is 12.2 Å². The molecule has 1 aromatic rings. The number of amides is 1. The van der Waals surface area contributed by atoms with Crippen LogP contribution in [-0.2, 0) is 9.59 Å². The quantitative estimate of drug-likeness (QED) is 0.741. The second-order valence-electron chi connectivity index (χ2n) is 5.07. The van der Waals surface area contributed by atoms with Crippen molar-refractivity contribution >= 4 is 33.5 Å². The third kappa shape index (κ3) is 4.05. The van der Waals surface area contributed by atoms with Gasteiger partial charge in [0, 0.05) is 4.47 Å². The van der Waals surface area contributed by atoms with E-state index in [2.05, 4.69) is 26.6 Å². The van der Waals surface area contributed by atoms with Crippen LogP contribution in [0.3, 0.4) is 0 Å². The minimum Gasteiger partial charge on any atom is -0.480 e. The first-order chi connectivity index (χ1) is 9.47. The van der Waals surface area contributed by atoms with Crippen LogP contribution in [0.1, 0.15) is 18.4 Å². The van der Waals surface area contributed by atoms with Crippen molar-refractivity contribution in [1.29, 1.82) is 0 Å². The van der Waals surface area contributed by atoms with Crippen LogP contribution in [0.25, 0.3) is 0 Å². The number of carbonyl (C=O) groups excluding carboxylic acids is 1. The maximum Gasteiger partial charge on any atom is 0.320 e. The maximum atomic E-state index is 11.8. The molecule has 0 saturated heterocycles. The van der Waals surface area contributed by atoms with Gasteiger partial charge in [-0.05, 0) is 59.3 Å². The molecule has 1 saturated carbocycles. The van der Waals surface area contributed by atoms with Crippen LogP contribution in [0.4, 0.5) is 5.69 Å². The van der Waals surface area contributed by atoms with Gasteiger partial charge < -0.3 is 10.4 Å². The number of nitrogens with one attached hydrogen (secondary N) is 2. The van der Waals surface area contributed by atoms with Gasteiger partial charge in [-0.3, -0.25) is 14.9 Å². The smallest absolute Gasteiger partial charge is 0.320 e. The summed E-state index contributed by atoms with van der Waals surface area (Å²) >= 11 is 3.38. The van der Waals surface area contributed by atoms with E-state index < -0.39 is 12.0 Å². The van der Waals surface area contributed by atoms with Crippen molar-refractivity contribution in [3.63, 3.8) is 0 Å². The van der Waals surface area contributed by atoms with E-state index in [9.17, 15) is 9.59 Å². The third-order valence-electron chi connectivity index (χ3n) is 3.24. The van der Waals surface area contributed by atoms with Gasteiger partial charge in [-0.25, -0.2) is 0 Å². The Morgan fingerprint density at radius 3 is 2.70 bits per heavy atom. The highest BCUT2D eigenvalue weighted by Crippen LogP contribution is 2.32. The van der Waals surface area contributed by atoms with Gasteiger partial charge in [0.2, 0.25) is 5.91 Å². The topological polar surface area (TPSA) is 78.4 Å². The Labute approximate surface area is 125 Å². The summed E-state index contributed by atoms with van der Waals surface area (Å²) in [6, 6.07) is 5.00. The fourth-order valence-corrected chi connectivity index (χ4v) is 2.60. The molecule has 3 N–H and O–H groups in total. The summed E-state index contributed by atoms with van der Waals surface area (Å²) in [5.74, 6) is -0.982. The second-order valence-corrected chi connectivity index (χ2v) is 5.92. The van der Waals surface area contributed by atoms with Gasteiger partial charge in [0.1, 0.15) is 6.04 Å². The zero-order chi connectivity index (χ0) is 14.7. The van der Waals surface area contributed by atoms with Crippen LogP contribution in [0.2, 0.25) is 0 Å². The number of benzene rings is 1. The minimum atomic E-state index is -0.892. The number of anilines is 1. The first-order valence-electron chi connectivity index (χ1n) is 6.49. The molecule has 1 fully saturated rings. The highest BCUT2D eigenvalue weighted by atomic mass is 79.9. The molecule has 1 aromatic carbocycles. The van der Waals surface area contributed by atoms with Gasteiger partial charge >= 0.3 is 5.97 Å². The van der Waals surface area contributed by atoms with Gasteiger partial charge in [-0.2, -0.15) is 0 Å². The fraction of sp³-hybridized carbons (Fsp3) is 0.429. The molecule has 2 rings (SSSR count). The molecule has 1 unspecified atom stereocenters. The number of hydrogen-bond donors (Lipinski definition) is 3. The normalized spacial score (nSPS) is 15.7. The Morgan fingerprint density at radius 2 is 2.15 bits per heavy atom. The fourth-order valence-electron chi connectivity index (χ4n) is 2.00. The van der Waals surface area contributed by atoms with Crippen LogP contribution in [0.15, 0.2) is 22.7 Å². The maximum absolute atomic E-state index is 11.8. The van der Waals surface area contributed by atoms with Crippen LogP contribution >= 0.6 is 15.9 Å². The summed E-state index contributed by atoms with van der Waals surface area (Å²) in [4.78, 5) is 22.9. The predicted octanol–water partition coefficient (Wildman–Crippen LogP) is 2.15. The summed E-state index contributed by atoms with van der Waals surface area (Å²) in [5, 5.41) is 14.6. The summed E-state index contributed by atoms with van der Waals surface area (Å²) < 4.78 is 0.808. The first kappa shape index (κ1) is 15.0. The number of aryl methyl sites for hydroxylation is 1. The lowest BCUT2D eigenvalue weighted by Crippen LogP contribution is -2.42. The van der Waals surface area contributed by atoms with E-state index in [1.54, 1.807) is 0 Å². The van der Waals surface area contributed by atoms with Crippen LogP contribution in [0.5, 0.6) is 0 Å². The zero-order valence-electron chi connectivity index (χ0n) is 11.1. The number of carbonyl (C=O) groups is 2. The number of carboxylic acid groups (broad SMARTS) is 1. The standard InChI is InChI=1S/C14H17BrN2O3/c1-8-2-5-11(10(15)6-8)17-12(18)7-16-13(14(19)20)9-3-4-9/h2,5-6,9,13,16H,3-4,7H2,1H3,(H,17,18)(H,19,20). The molecule has 20 heavy (non-hydrogen) atoms. The molecular formula is C14H17BrN2O3. The number of rotatable bonds is 6. The Hall–Kier alpha value is -1.40. The van der Waals surface area contributed by atoms with E-state index in [0.717, 1.165) is 22.9 Å². The number of carboxylic acids is 1. The molecule has 0 spiro atoms. The zero-order valence-corrected chi connectivity index (χ0v) is 12.7. The van der Waals surface area contributed by atoms with Crippen molar-refractivity contribution in [2.75, 3.05) is 11.9 Å². The van der Waals surface area contributed by atoms with Crippen LogP contribution < -0.4 is 10.6 Å². The molecule has 0 aromatic heterocycles. The van der Waals surface area contributed by atoms with Crippen molar-refractivity contribution in [3.05, 3.63) is 28.2 Å². The van der Waals surface area contributed by atoms with E-state index in [0.29, 0.717) is 5.69 Å². The van der Waals surface area contributed by atoms with Crippen molar-refractivity contribution < 1.29 is 14.7 Å². The summed E-state index contributed by atoms with van der Waals surface area (Å²) in [5.41, 5.74) is 1.77. The Morgan fingerprint density at radius 1 is 1.45 bits per heavy atom. The molecule has 1 aliphatic carbocycles. The lowest BCUT2D eigenvalue weighted by Gasteiger charge is -2.14. The Kier molecular flexibility index (Phi) is 4.77. The average molecular weight is 341 g/mol. The third-order valence-corrected chi connectivity index (χ3v) is 3.90. The highest BCUT2D eigenvalue weighted by Gasteiger charge is 2.36. The summed E-state index contributed by atoms with van der Waals surface area (Å²) in [6.45, 7) is 1.96. The molecule has 1 amide bonds. The largest absolute Gasteiger partial charge is 0.480 e. The predicted molar refractivity (Wildman–Crippen MR) is 79.7 cm³/mol. The minimum absolute atomic E-state index is 0.00617. The lowest BCUT2D eigenvalue weighted by molar-refractivity contribution is -0.140. The monoisotopic (exact) mass is 340 g/mol. The van der Waals surface area contributed by atoms with E-state index in [1.165, 1.54) is 0 Å². The van der Waals surface area contributed by atoms with Crippen LogP contribution in [0, 0.1) is 12.8 Å². The summed E-state index contributed by atoms with van der Waals surface area (Å²) in [6.07, 6.45) is 1.82. The molecule has 0 heterocycles. The van der Waals surface area contributed by atoms with Crippen molar-refractivity contribution in [1.82, 2.24) is 5.32 Å². The van der Waals surface area contributed by atoms with E-state index in [4.69, 9.17) is 5.11 Å². The second kappa shape index (κ2) is 6.37. The number of hydrogen-bond acceptors (Lipinski definition) is 3. The van der Waals surface area contributed by atoms with Crippen molar-refractivity contribution in [2.45, 2.75) is 25.8 Å². The lowest BCUT2D eigenvalue weighted by atomic mass is 10.2. The molecule has 1 aliphatic rings. The van der Waals surface area contributed by atoms with E-state index in [-0.39, 0.29) is 18.4 Å². The highest BCUT2D eigenvalue weighted by molar-refractivity contribution is 9.10. The molecule has 5 nitrogen and oxygen atoms in total. The SMILES string of the molecule is Cc1ccc(NC(=O)CNC(C(=O)O)C2CC2)c(Br)c1. The van der Waals surface area contributed by atoms with Crippen LogP contribution in [-0.4, -0.2) is 29.6 Å². The molecular weight excluding hydrogens is 324 g/mol. The molecule has 0 aliphatic heterocycles. The number of halogens is 1. The van der Waals surface area contributed by atoms with Gasteiger partial charge in [-0.15, -0.1) is 0 Å². The van der Waals surface area contributed by atoms with Gasteiger partial charge in [-0.1, -0.05) is 6.07 Å². The van der Waals surface area contributed by atoms with Crippen molar-refractivity contribution in [3.8, 4) is 0 Å². The molecule has 0 bridgehead atoms.